The summed E-state index contributed by atoms with van der Waals surface area (Å²) >= 11 is 0. The second-order valence-corrected chi connectivity index (χ2v) is 6.91. The smallest absolute Gasteiger partial charge is 0.318 e. The summed E-state index contributed by atoms with van der Waals surface area (Å²) in [5.41, 5.74) is 0. The van der Waals surface area contributed by atoms with Crippen LogP contribution in [0.15, 0.2) is 0 Å². The van der Waals surface area contributed by atoms with E-state index in [0.717, 1.165) is 25.7 Å². The van der Waals surface area contributed by atoms with Gasteiger partial charge in [0.1, 0.15) is 6.54 Å². The third-order valence-corrected chi connectivity index (χ3v) is 5.22. The summed E-state index contributed by atoms with van der Waals surface area (Å²) in [5, 5.41) is 8.22. The molecule has 6 heteroatoms. The van der Waals surface area contributed by atoms with Crippen molar-refractivity contribution in [3.05, 3.63) is 0 Å². The number of carboxylic acid groups (broad SMARTS) is 1. The third kappa shape index (κ3) is 2.95. The minimum atomic E-state index is -3.46. The molecular weight excluding hydrogens is 230 g/mol. The van der Waals surface area contributed by atoms with Crippen LogP contribution >= 0.6 is 0 Å². The van der Waals surface area contributed by atoms with Crippen LogP contribution in [-0.4, -0.2) is 41.6 Å². The predicted octanol–water partition coefficient (Wildman–Crippen LogP) is 1.05. The van der Waals surface area contributed by atoms with Crippen molar-refractivity contribution in [2.24, 2.45) is 0 Å². The number of hydrogen-bond donors (Lipinski definition) is 1. The van der Waals surface area contributed by atoms with Crippen LogP contribution in [0, 0.1) is 0 Å². The molecule has 1 aliphatic rings. The van der Waals surface area contributed by atoms with Gasteiger partial charge < -0.3 is 5.11 Å². The molecule has 0 aliphatic heterocycles. The largest absolute Gasteiger partial charge is 0.480 e. The molecule has 0 amide bonds. The lowest BCUT2D eigenvalue weighted by Gasteiger charge is -2.28. The van der Waals surface area contributed by atoms with E-state index >= 15 is 0 Å². The minimum absolute atomic E-state index is 0.122. The molecule has 1 N–H and O–H groups in total. The van der Waals surface area contributed by atoms with E-state index in [2.05, 4.69) is 0 Å². The molecule has 0 aromatic carbocycles. The summed E-state index contributed by atoms with van der Waals surface area (Å²) in [7, 11) is -3.46. The molecule has 0 radical (unpaired) electrons. The average Bonchev–Trinajstić information content (AvgIpc) is 2.65. The fraction of sp³-hybridized carbons (Fsp3) is 0.900. The van der Waals surface area contributed by atoms with Gasteiger partial charge in [-0.05, 0) is 26.7 Å². The lowest BCUT2D eigenvalue weighted by Crippen LogP contribution is -2.45. The Labute approximate surface area is 96.5 Å². The predicted molar refractivity (Wildman–Crippen MR) is 60.7 cm³/mol. The van der Waals surface area contributed by atoms with E-state index in [-0.39, 0.29) is 6.04 Å². The Hall–Kier alpha value is -0.620. The van der Waals surface area contributed by atoms with Crippen LogP contribution in [0.1, 0.15) is 39.5 Å². The van der Waals surface area contributed by atoms with Crippen molar-refractivity contribution in [1.29, 1.82) is 0 Å². The second-order valence-electron chi connectivity index (χ2n) is 4.47. The first-order chi connectivity index (χ1) is 7.35. The SMILES string of the molecule is CC(C)S(=O)(=O)N(CC(=O)O)C1CCCC1. The Balaban J connectivity index is 2.90. The van der Waals surface area contributed by atoms with Gasteiger partial charge in [0.15, 0.2) is 0 Å². The molecule has 0 aromatic rings. The van der Waals surface area contributed by atoms with Crippen molar-refractivity contribution in [2.45, 2.75) is 50.8 Å². The lowest BCUT2D eigenvalue weighted by molar-refractivity contribution is -0.137. The van der Waals surface area contributed by atoms with Crippen LogP contribution in [0.25, 0.3) is 0 Å². The van der Waals surface area contributed by atoms with Gasteiger partial charge in [-0.1, -0.05) is 12.8 Å². The molecule has 5 nitrogen and oxygen atoms in total. The molecule has 94 valence electrons. The van der Waals surface area contributed by atoms with Gasteiger partial charge in [-0.3, -0.25) is 4.79 Å². The molecule has 1 fully saturated rings. The van der Waals surface area contributed by atoms with E-state index in [1.807, 2.05) is 0 Å². The van der Waals surface area contributed by atoms with Crippen molar-refractivity contribution in [3.63, 3.8) is 0 Å². The van der Waals surface area contributed by atoms with Crippen molar-refractivity contribution in [3.8, 4) is 0 Å². The number of carbonyl (C=O) groups is 1. The first-order valence-electron chi connectivity index (χ1n) is 5.58. The Bertz CT molecular complexity index is 344. The first kappa shape index (κ1) is 13.4. The number of aliphatic carboxylic acids is 1. The van der Waals surface area contributed by atoms with Gasteiger partial charge in [-0.2, -0.15) is 4.31 Å². The molecule has 1 saturated carbocycles. The monoisotopic (exact) mass is 249 g/mol. The van der Waals surface area contributed by atoms with Crippen LogP contribution in [0.5, 0.6) is 0 Å². The molecule has 0 unspecified atom stereocenters. The van der Waals surface area contributed by atoms with Crippen LogP contribution in [0.4, 0.5) is 0 Å². The Morgan fingerprint density at radius 2 is 1.88 bits per heavy atom. The maximum atomic E-state index is 12.0. The number of hydrogen-bond acceptors (Lipinski definition) is 3. The summed E-state index contributed by atoms with van der Waals surface area (Å²) in [5.74, 6) is -1.09. The van der Waals surface area contributed by atoms with Crippen molar-refractivity contribution >= 4 is 16.0 Å². The second kappa shape index (κ2) is 5.14. The topological polar surface area (TPSA) is 74.7 Å². The zero-order valence-corrected chi connectivity index (χ0v) is 10.5. The number of sulfonamides is 1. The standard InChI is InChI=1S/C10H19NO4S/c1-8(2)16(14,15)11(7-10(12)13)9-5-3-4-6-9/h8-9H,3-7H2,1-2H3,(H,12,13). The maximum Gasteiger partial charge on any atom is 0.318 e. The minimum Gasteiger partial charge on any atom is -0.480 e. The molecule has 1 aliphatic carbocycles. The van der Waals surface area contributed by atoms with Gasteiger partial charge >= 0.3 is 5.97 Å². The summed E-state index contributed by atoms with van der Waals surface area (Å²) < 4.78 is 25.2. The highest BCUT2D eigenvalue weighted by atomic mass is 32.2. The molecule has 0 atom stereocenters. The zero-order valence-electron chi connectivity index (χ0n) is 9.72. The van der Waals surface area contributed by atoms with Crippen molar-refractivity contribution in [1.82, 2.24) is 4.31 Å². The van der Waals surface area contributed by atoms with Crippen LogP contribution in [0.3, 0.4) is 0 Å². The van der Waals surface area contributed by atoms with Gasteiger partial charge in [-0.15, -0.1) is 0 Å². The summed E-state index contributed by atoms with van der Waals surface area (Å²) in [4.78, 5) is 10.7. The lowest BCUT2D eigenvalue weighted by atomic mass is 10.2. The molecule has 0 bridgehead atoms. The van der Waals surface area contributed by atoms with E-state index in [4.69, 9.17) is 5.11 Å². The van der Waals surface area contributed by atoms with E-state index in [1.165, 1.54) is 4.31 Å². The Morgan fingerprint density at radius 1 is 1.38 bits per heavy atom. The van der Waals surface area contributed by atoms with Crippen molar-refractivity contribution < 1.29 is 18.3 Å². The zero-order chi connectivity index (χ0) is 12.3. The maximum absolute atomic E-state index is 12.0. The van der Waals surface area contributed by atoms with Crippen LogP contribution in [-0.2, 0) is 14.8 Å². The van der Waals surface area contributed by atoms with Gasteiger partial charge in [0, 0.05) is 6.04 Å². The van der Waals surface area contributed by atoms with Crippen molar-refractivity contribution in [2.75, 3.05) is 6.54 Å². The highest BCUT2D eigenvalue weighted by Gasteiger charge is 2.35. The normalized spacial score (nSPS) is 18.5. The third-order valence-electron chi connectivity index (χ3n) is 2.95. The van der Waals surface area contributed by atoms with Gasteiger partial charge in [0.25, 0.3) is 0 Å². The van der Waals surface area contributed by atoms with E-state index in [9.17, 15) is 13.2 Å². The van der Waals surface area contributed by atoms with Crippen LogP contribution < -0.4 is 0 Å². The molecule has 0 heterocycles. The molecule has 0 spiro atoms. The van der Waals surface area contributed by atoms with E-state index < -0.39 is 27.8 Å². The Kier molecular flexibility index (Phi) is 4.32. The fourth-order valence-corrected chi connectivity index (χ4v) is 3.48. The number of rotatable bonds is 5. The summed E-state index contributed by atoms with van der Waals surface area (Å²) in [6, 6.07) is -0.122. The molecule has 0 aromatic heterocycles. The first-order valence-corrected chi connectivity index (χ1v) is 7.08. The molecule has 0 saturated heterocycles. The van der Waals surface area contributed by atoms with Gasteiger partial charge in [0.2, 0.25) is 10.0 Å². The quantitative estimate of drug-likeness (QED) is 0.790. The average molecular weight is 249 g/mol. The van der Waals surface area contributed by atoms with Crippen LogP contribution in [0.2, 0.25) is 0 Å². The van der Waals surface area contributed by atoms with E-state index in [0.29, 0.717) is 0 Å². The highest BCUT2D eigenvalue weighted by Crippen LogP contribution is 2.26. The molecular formula is C10H19NO4S. The summed E-state index contributed by atoms with van der Waals surface area (Å²) in [6.07, 6.45) is 3.52. The number of carboxylic acids is 1. The van der Waals surface area contributed by atoms with E-state index in [1.54, 1.807) is 13.8 Å². The Morgan fingerprint density at radius 3 is 2.25 bits per heavy atom. The molecule has 16 heavy (non-hydrogen) atoms. The highest BCUT2D eigenvalue weighted by molar-refractivity contribution is 7.89. The summed E-state index contributed by atoms with van der Waals surface area (Å²) in [6.45, 7) is 2.75. The van der Waals surface area contributed by atoms with Gasteiger partial charge in [0.05, 0.1) is 5.25 Å². The number of nitrogens with zero attached hydrogens (tertiary/aromatic N) is 1. The molecule has 1 rings (SSSR count). The van der Waals surface area contributed by atoms with Gasteiger partial charge in [-0.25, -0.2) is 8.42 Å². The fourth-order valence-electron chi connectivity index (χ4n) is 2.02.